The van der Waals surface area contributed by atoms with Crippen molar-refractivity contribution in [2.24, 2.45) is 0 Å². The molecule has 1 aromatic heterocycles. The van der Waals surface area contributed by atoms with Gasteiger partial charge in [-0.25, -0.2) is 13.8 Å². The Morgan fingerprint density at radius 1 is 0.800 bits per heavy atom. The standard InChI is InChI=1S/C27H19F5N2O/c1-15-10-11-16(2)25(24(15)22-8-5-9-23(34-22)27(30,31)32)26(35)33-17-12-13-19(21(29)14-17)18-6-3-4-7-20(18)28/h3-14H,1-2H3,(H,33,35). The summed E-state index contributed by atoms with van der Waals surface area (Å²) >= 11 is 0. The van der Waals surface area contributed by atoms with Crippen LogP contribution in [0.3, 0.4) is 0 Å². The molecule has 1 amide bonds. The lowest BCUT2D eigenvalue weighted by atomic mass is 9.93. The first-order chi connectivity index (χ1) is 16.6. The maximum absolute atomic E-state index is 14.8. The van der Waals surface area contributed by atoms with Crippen LogP contribution in [0, 0.1) is 25.5 Å². The van der Waals surface area contributed by atoms with Gasteiger partial charge in [-0.05, 0) is 61.4 Å². The number of carbonyl (C=O) groups is 1. The molecular formula is C27H19F5N2O. The van der Waals surface area contributed by atoms with E-state index in [4.69, 9.17) is 0 Å². The van der Waals surface area contributed by atoms with E-state index in [0.29, 0.717) is 11.1 Å². The molecule has 1 N–H and O–H groups in total. The molecule has 0 unspecified atom stereocenters. The molecule has 0 fully saturated rings. The van der Waals surface area contributed by atoms with Crippen LogP contribution in [0.5, 0.6) is 0 Å². The molecule has 35 heavy (non-hydrogen) atoms. The highest BCUT2D eigenvalue weighted by Gasteiger charge is 2.33. The van der Waals surface area contributed by atoms with E-state index in [1.165, 1.54) is 42.5 Å². The number of amides is 1. The highest BCUT2D eigenvalue weighted by Crippen LogP contribution is 2.34. The number of aromatic nitrogens is 1. The van der Waals surface area contributed by atoms with Gasteiger partial charge in [-0.15, -0.1) is 0 Å². The number of aryl methyl sites for hydroxylation is 2. The molecule has 8 heteroatoms. The summed E-state index contributed by atoms with van der Waals surface area (Å²) < 4.78 is 68.5. The molecule has 4 rings (SSSR count). The van der Waals surface area contributed by atoms with Crippen molar-refractivity contribution in [3.63, 3.8) is 0 Å². The molecule has 0 spiro atoms. The fourth-order valence-corrected chi connectivity index (χ4v) is 3.85. The second-order valence-corrected chi connectivity index (χ2v) is 7.98. The van der Waals surface area contributed by atoms with Gasteiger partial charge in [0, 0.05) is 22.4 Å². The number of nitrogens with zero attached hydrogens (tertiary/aromatic N) is 1. The fraction of sp³-hybridized carbons (Fsp3) is 0.111. The van der Waals surface area contributed by atoms with Gasteiger partial charge in [-0.3, -0.25) is 4.79 Å². The minimum absolute atomic E-state index is 0.00717. The van der Waals surface area contributed by atoms with E-state index in [0.717, 1.165) is 12.1 Å². The third-order valence-corrected chi connectivity index (χ3v) is 5.54. The maximum atomic E-state index is 14.8. The monoisotopic (exact) mass is 482 g/mol. The largest absolute Gasteiger partial charge is 0.433 e. The number of alkyl halides is 3. The van der Waals surface area contributed by atoms with Gasteiger partial charge in [0.15, 0.2) is 0 Å². The molecule has 3 aromatic carbocycles. The number of halogens is 5. The quantitative estimate of drug-likeness (QED) is 0.305. The highest BCUT2D eigenvalue weighted by molar-refractivity contribution is 6.10. The van der Waals surface area contributed by atoms with Gasteiger partial charge in [0.25, 0.3) is 5.91 Å². The highest BCUT2D eigenvalue weighted by atomic mass is 19.4. The molecule has 0 atom stereocenters. The smallest absolute Gasteiger partial charge is 0.322 e. The summed E-state index contributed by atoms with van der Waals surface area (Å²) in [6.45, 7) is 3.31. The number of rotatable bonds is 4. The zero-order valence-electron chi connectivity index (χ0n) is 18.7. The molecule has 3 nitrogen and oxygen atoms in total. The third kappa shape index (κ3) is 4.91. The summed E-state index contributed by atoms with van der Waals surface area (Å²) in [7, 11) is 0. The molecule has 1 heterocycles. The van der Waals surface area contributed by atoms with E-state index >= 15 is 0 Å². The van der Waals surface area contributed by atoms with Gasteiger partial charge in [-0.1, -0.05) is 36.4 Å². The van der Waals surface area contributed by atoms with Crippen LogP contribution in [0.1, 0.15) is 27.2 Å². The van der Waals surface area contributed by atoms with Crippen LogP contribution < -0.4 is 5.32 Å². The Labute approximate surface area is 198 Å². The number of hydrogen-bond acceptors (Lipinski definition) is 2. The van der Waals surface area contributed by atoms with Crippen LogP contribution in [0.25, 0.3) is 22.4 Å². The molecule has 0 aliphatic heterocycles. The maximum Gasteiger partial charge on any atom is 0.433 e. The molecule has 0 radical (unpaired) electrons. The zero-order chi connectivity index (χ0) is 25.3. The van der Waals surface area contributed by atoms with Crippen molar-refractivity contribution >= 4 is 11.6 Å². The lowest BCUT2D eigenvalue weighted by Crippen LogP contribution is -2.16. The summed E-state index contributed by atoms with van der Waals surface area (Å²) in [5, 5.41) is 2.59. The summed E-state index contributed by atoms with van der Waals surface area (Å²) in [5.41, 5.74) is 0.556. The van der Waals surface area contributed by atoms with E-state index in [2.05, 4.69) is 10.3 Å². The number of hydrogen-bond donors (Lipinski definition) is 1. The summed E-state index contributed by atoms with van der Waals surface area (Å²) in [6, 6.07) is 16.4. The van der Waals surface area contributed by atoms with Crippen LogP contribution in [0.15, 0.2) is 72.8 Å². The Hall–Kier alpha value is -4.07. The molecule has 0 saturated carbocycles. The van der Waals surface area contributed by atoms with Gasteiger partial charge < -0.3 is 5.32 Å². The van der Waals surface area contributed by atoms with Gasteiger partial charge >= 0.3 is 6.18 Å². The van der Waals surface area contributed by atoms with Gasteiger partial charge in [0.2, 0.25) is 0 Å². The average molecular weight is 482 g/mol. The Bertz CT molecular complexity index is 1430. The van der Waals surface area contributed by atoms with E-state index in [9.17, 15) is 26.7 Å². The van der Waals surface area contributed by atoms with Crippen molar-refractivity contribution in [1.29, 1.82) is 0 Å². The van der Waals surface area contributed by atoms with E-state index in [-0.39, 0.29) is 33.6 Å². The first kappa shape index (κ1) is 24.1. The Morgan fingerprint density at radius 2 is 1.49 bits per heavy atom. The van der Waals surface area contributed by atoms with Crippen LogP contribution in [-0.2, 0) is 6.18 Å². The van der Waals surface area contributed by atoms with Crippen molar-refractivity contribution < 1.29 is 26.7 Å². The minimum Gasteiger partial charge on any atom is -0.322 e. The zero-order valence-corrected chi connectivity index (χ0v) is 18.7. The Balaban J connectivity index is 1.72. The lowest BCUT2D eigenvalue weighted by molar-refractivity contribution is -0.141. The van der Waals surface area contributed by atoms with Crippen LogP contribution in [0.2, 0.25) is 0 Å². The topological polar surface area (TPSA) is 42.0 Å². The first-order valence-electron chi connectivity index (χ1n) is 10.6. The van der Waals surface area contributed by atoms with Crippen molar-refractivity contribution in [2.75, 3.05) is 5.32 Å². The normalized spacial score (nSPS) is 11.4. The minimum atomic E-state index is -4.65. The first-order valence-corrected chi connectivity index (χ1v) is 10.6. The molecule has 178 valence electrons. The number of benzene rings is 3. The van der Waals surface area contributed by atoms with E-state index in [1.807, 2.05) is 0 Å². The van der Waals surface area contributed by atoms with Gasteiger partial charge in [0.05, 0.1) is 11.3 Å². The van der Waals surface area contributed by atoms with Crippen molar-refractivity contribution in [2.45, 2.75) is 20.0 Å². The SMILES string of the molecule is Cc1ccc(C)c(-c2cccc(C(F)(F)F)n2)c1C(=O)Nc1ccc(-c2ccccc2F)c(F)c1. The van der Waals surface area contributed by atoms with Gasteiger partial charge in [-0.2, -0.15) is 13.2 Å². The number of nitrogens with one attached hydrogen (secondary N) is 1. The number of pyridine rings is 1. The molecule has 0 saturated heterocycles. The van der Waals surface area contributed by atoms with Crippen LogP contribution in [0.4, 0.5) is 27.6 Å². The number of anilines is 1. The molecule has 0 aliphatic rings. The van der Waals surface area contributed by atoms with Crippen LogP contribution >= 0.6 is 0 Å². The molecule has 0 aliphatic carbocycles. The second kappa shape index (κ2) is 9.29. The van der Waals surface area contributed by atoms with E-state index < -0.39 is 29.4 Å². The molecular weight excluding hydrogens is 463 g/mol. The molecule has 0 bridgehead atoms. The lowest BCUT2D eigenvalue weighted by Gasteiger charge is -2.17. The van der Waals surface area contributed by atoms with Crippen molar-refractivity contribution in [3.05, 3.63) is 107 Å². The summed E-state index contributed by atoms with van der Waals surface area (Å²) in [5.74, 6) is -1.97. The number of carbonyl (C=O) groups excluding carboxylic acids is 1. The third-order valence-electron chi connectivity index (χ3n) is 5.54. The second-order valence-electron chi connectivity index (χ2n) is 7.98. The fourth-order valence-electron chi connectivity index (χ4n) is 3.85. The Morgan fingerprint density at radius 3 is 2.17 bits per heavy atom. The predicted octanol–water partition coefficient (Wildman–Crippen LogP) is 7.58. The van der Waals surface area contributed by atoms with Crippen molar-refractivity contribution in [1.82, 2.24) is 4.98 Å². The summed E-state index contributed by atoms with van der Waals surface area (Å²) in [6.07, 6.45) is -4.65. The summed E-state index contributed by atoms with van der Waals surface area (Å²) in [4.78, 5) is 17.0. The molecule has 4 aromatic rings. The van der Waals surface area contributed by atoms with Gasteiger partial charge in [0.1, 0.15) is 17.3 Å². The van der Waals surface area contributed by atoms with Crippen LogP contribution in [-0.4, -0.2) is 10.9 Å². The van der Waals surface area contributed by atoms with Crippen molar-refractivity contribution in [3.8, 4) is 22.4 Å². The van der Waals surface area contributed by atoms with E-state index in [1.54, 1.807) is 32.0 Å². The predicted molar refractivity (Wildman–Crippen MR) is 124 cm³/mol. The Kier molecular flexibility index (Phi) is 6.39. The average Bonchev–Trinajstić information content (AvgIpc) is 2.80.